The van der Waals surface area contributed by atoms with E-state index in [1.807, 2.05) is 31.3 Å². The highest BCUT2D eigenvalue weighted by atomic mass is 35.5. The van der Waals surface area contributed by atoms with Gasteiger partial charge in [0.2, 0.25) is 12.8 Å². The summed E-state index contributed by atoms with van der Waals surface area (Å²) in [6, 6.07) is 11.0. The van der Waals surface area contributed by atoms with E-state index in [1.165, 1.54) is 17.2 Å². The molecule has 244 valence electrons. The highest BCUT2D eigenvalue weighted by Gasteiger charge is 2.20. The lowest BCUT2D eigenvalue weighted by atomic mass is 9.92. The Kier molecular flexibility index (Phi) is 13.0. The molecule has 1 atom stereocenters. The number of carbonyl (C=O) groups is 3. The number of anilines is 1. The van der Waals surface area contributed by atoms with Gasteiger partial charge >= 0.3 is 0 Å². The molecule has 3 heterocycles. The number of aldehydes is 1. The number of hydrogen-bond donors (Lipinski definition) is 3. The zero-order chi connectivity index (χ0) is 32.9. The molecule has 2 amide bonds. The van der Waals surface area contributed by atoms with Crippen molar-refractivity contribution in [1.29, 1.82) is 0 Å². The number of rotatable bonds is 14. The third kappa shape index (κ3) is 9.34. The summed E-state index contributed by atoms with van der Waals surface area (Å²) >= 11 is 6.43. The number of fused-ring (bicyclic) bond motifs is 1. The first-order valence-electron chi connectivity index (χ1n) is 15.4. The molecule has 0 aliphatic carbocycles. The minimum absolute atomic E-state index is 0.000304. The number of para-hydroxylation sites is 1. The molecular weight excluding hydrogens is 609 g/mol. The summed E-state index contributed by atoms with van der Waals surface area (Å²) in [5, 5.41) is 14.6. The first kappa shape index (κ1) is 34.5. The number of piperidine rings is 1. The van der Waals surface area contributed by atoms with Crippen LogP contribution in [0.15, 0.2) is 55.0 Å². The largest absolute Gasteiger partial charge is 0.380 e. The Bertz CT molecular complexity index is 1580. The maximum atomic E-state index is 13.9. The van der Waals surface area contributed by atoms with Gasteiger partial charge in [-0.25, -0.2) is 4.39 Å². The number of benzene rings is 2. The van der Waals surface area contributed by atoms with Crippen LogP contribution in [0.2, 0.25) is 5.02 Å². The van der Waals surface area contributed by atoms with Crippen LogP contribution < -0.4 is 10.6 Å². The van der Waals surface area contributed by atoms with E-state index in [4.69, 9.17) is 11.6 Å². The number of carbonyl (C=O) groups excluding carboxylic acids is 3. The number of amides is 2. The van der Waals surface area contributed by atoms with Crippen molar-refractivity contribution in [2.45, 2.75) is 58.3 Å². The number of nitrogens with one attached hydrogen (secondary N) is 3. The van der Waals surface area contributed by atoms with Crippen LogP contribution in [0, 0.1) is 11.7 Å². The van der Waals surface area contributed by atoms with Crippen LogP contribution in [-0.2, 0) is 40.4 Å². The van der Waals surface area contributed by atoms with Gasteiger partial charge in [-0.15, -0.1) is 0 Å². The molecular formula is C34H41ClFN7O3. The number of H-pyrrole nitrogens is 1. The normalized spacial score (nSPS) is 14.0. The van der Waals surface area contributed by atoms with E-state index in [0.717, 1.165) is 67.1 Å². The Balaban J connectivity index is 0.000000216. The maximum Gasteiger partial charge on any atom is 0.209 e. The predicted molar refractivity (Wildman–Crippen MR) is 178 cm³/mol. The third-order valence-electron chi connectivity index (χ3n) is 8.22. The number of aromatic nitrogens is 3. The van der Waals surface area contributed by atoms with Crippen LogP contribution in [0.4, 0.5) is 10.1 Å². The number of aromatic amines is 1. The second kappa shape index (κ2) is 17.4. The van der Waals surface area contributed by atoms with E-state index in [-0.39, 0.29) is 24.3 Å². The molecule has 5 rings (SSSR count). The van der Waals surface area contributed by atoms with Crippen LogP contribution in [0.5, 0.6) is 0 Å². The fourth-order valence-electron chi connectivity index (χ4n) is 5.63. The van der Waals surface area contributed by atoms with Gasteiger partial charge in [0.05, 0.1) is 22.4 Å². The van der Waals surface area contributed by atoms with Crippen molar-refractivity contribution in [3.63, 3.8) is 0 Å². The fraction of sp³-hybridized carbons (Fsp3) is 0.382. The Hall–Kier alpha value is -4.35. The Morgan fingerprint density at radius 1 is 1.13 bits per heavy atom. The van der Waals surface area contributed by atoms with E-state index in [0.29, 0.717) is 36.6 Å². The van der Waals surface area contributed by atoms with Gasteiger partial charge in [0.25, 0.3) is 0 Å². The Morgan fingerprint density at radius 3 is 2.57 bits per heavy atom. The molecule has 1 saturated heterocycles. The summed E-state index contributed by atoms with van der Waals surface area (Å²) in [5.74, 6) is -0.326. The summed E-state index contributed by atoms with van der Waals surface area (Å²) in [4.78, 5) is 40.4. The average molecular weight is 650 g/mol. The van der Waals surface area contributed by atoms with Gasteiger partial charge in [-0.2, -0.15) is 5.10 Å². The molecule has 0 saturated carbocycles. The van der Waals surface area contributed by atoms with E-state index in [1.54, 1.807) is 29.4 Å². The van der Waals surface area contributed by atoms with Crippen LogP contribution in [0.25, 0.3) is 10.9 Å². The first-order valence-corrected chi connectivity index (χ1v) is 15.8. The zero-order valence-corrected chi connectivity index (χ0v) is 27.0. The molecule has 1 fully saturated rings. The lowest BCUT2D eigenvalue weighted by molar-refractivity contribution is -0.119. The highest BCUT2D eigenvalue weighted by molar-refractivity contribution is 6.35. The molecule has 1 aliphatic rings. The van der Waals surface area contributed by atoms with Crippen molar-refractivity contribution in [2.24, 2.45) is 5.92 Å². The standard InChI is InChI=1S/C20H23ClN4O.C14H18FN3O2/c1-3-14(13-26)8-16-9-19(21)20-17(10-23-24-20)18(16)12-25(2)11-15-4-6-22-7-5-15;15-13-3-1-2-11(8-16-9-19)14(13)17-12-4-6-18(10-20)7-5-12/h4-7,9-10,13-14H,3,8,11-12H2,1-2H3,(H,23,24);1-3,9-10,12,17H,4-8H2,(H,16,19)/t14-;/m1./s1. The number of nitrogens with zero attached hydrogens (tertiary/aromatic N) is 4. The smallest absolute Gasteiger partial charge is 0.209 e. The quantitative estimate of drug-likeness (QED) is 0.162. The first-order chi connectivity index (χ1) is 22.4. The van der Waals surface area contributed by atoms with Crippen molar-refractivity contribution in [3.8, 4) is 0 Å². The van der Waals surface area contributed by atoms with Crippen molar-refractivity contribution in [2.75, 3.05) is 25.5 Å². The number of pyridine rings is 1. The molecule has 12 heteroatoms. The predicted octanol–water partition coefficient (Wildman–Crippen LogP) is 5.12. The van der Waals surface area contributed by atoms with Crippen molar-refractivity contribution in [3.05, 3.63) is 88.1 Å². The minimum Gasteiger partial charge on any atom is -0.380 e. The molecule has 0 radical (unpaired) electrons. The van der Waals surface area contributed by atoms with Crippen LogP contribution in [0.3, 0.4) is 0 Å². The SMILES string of the molecule is CC[C@@H](C=O)Cc1cc(Cl)c2[nH]ncc2c1CN(C)Cc1ccncc1.O=CNCc1cccc(F)c1NC1CCN(C=O)CC1. The van der Waals surface area contributed by atoms with Gasteiger partial charge < -0.3 is 20.3 Å². The minimum atomic E-state index is -0.326. The van der Waals surface area contributed by atoms with Crippen molar-refractivity contribution >= 4 is 47.3 Å². The second-order valence-corrected chi connectivity index (χ2v) is 11.9. The fourth-order valence-corrected chi connectivity index (χ4v) is 5.91. The lowest BCUT2D eigenvalue weighted by Crippen LogP contribution is -2.38. The Morgan fingerprint density at radius 2 is 1.89 bits per heavy atom. The van der Waals surface area contributed by atoms with Gasteiger partial charge in [-0.05, 0) is 79.3 Å². The summed E-state index contributed by atoms with van der Waals surface area (Å²) in [7, 11) is 2.09. The highest BCUT2D eigenvalue weighted by Crippen LogP contribution is 2.31. The van der Waals surface area contributed by atoms with Crippen LogP contribution >= 0.6 is 11.6 Å². The van der Waals surface area contributed by atoms with Crippen LogP contribution in [-0.4, -0.2) is 70.3 Å². The molecule has 2 aromatic carbocycles. The lowest BCUT2D eigenvalue weighted by Gasteiger charge is -2.31. The average Bonchev–Trinajstić information content (AvgIpc) is 3.58. The monoisotopic (exact) mass is 649 g/mol. The number of halogens is 2. The molecule has 46 heavy (non-hydrogen) atoms. The molecule has 1 aliphatic heterocycles. The van der Waals surface area contributed by atoms with Crippen molar-refractivity contribution < 1.29 is 18.8 Å². The molecule has 10 nitrogen and oxygen atoms in total. The van der Waals surface area contributed by atoms with E-state index < -0.39 is 0 Å². The van der Waals surface area contributed by atoms with Gasteiger partial charge in [0, 0.05) is 62.5 Å². The van der Waals surface area contributed by atoms with Crippen molar-refractivity contribution in [1.82, 2.24) is 30.3 Å². The maximum absolute atomic E-state index is 13.9. The molecule has 2 aromatic heterocycles. The molecule has 0 bridgehead atoms. The van der Waals surface area contributed by atoms with E-state index in [9.17, 15) is 18.8 Å². The van der Waals surface area contributed by atoms with Gasteiger partial charge in [0.1, 0.15) is 12.1 Å². The van der Waals surface area contributed by atoms with E-state index >= 15 is 0 Å². The van der Waals surface area contributed by atoms with Gasteiger partial charge in [-0.1, -0.05) is 30.7 Å². The Labute approximate surface area is 273 Å². The van der Waals surface area contributed by atoms with Gasteiger partial charge in [-0.3, -0.25) is 24.6 Å². The summed E-state index contributed by atoms with van der Waals surface area (Å²) in [5.41, 5.74) is 5.50. The zero-order valence-electron chi connectivity index (χ0n) is 26.2. The third-order valence-corrected chi connectivity index (χ3v) is 8.52. The molecule has 3 N–H and O–H groups in total. The summed E-state index contributed by atoms with van der Waals surface area (Å²) in [6.07, 6.45) is 11.0. The van der Waals surface area contributed by atoms with Gasteiger partial charge in [0.15, 0.2) is 0 Å². The van der Waals surface area contributed by atoms with E-state index in [2.05, 4.69) is 37.8 Å². The molecule has 0 unspecified atom stereocenters. The number of likely N-dealkylation sites (tertiary alicyclic amines) is 1. The van der Waals surface area contributed by atoms with Crippen LogP contribution in [0.1, 0.15) is 48.4 Å². The second-order valence-electron chi connectivity index (χ2n) is 11.5. The molecule has 4 aromatic rings. The molecule has 0 spiro atoms. The number of hydrogen-bond acceptors (Lipinski definition) is 7. The topological polar surface area (TPSA) is 123 Å². The summed E-state index contributed by atoms with van der Waals surface area (Å²) < 4.78 is 13.9. The summed E-state index contributed by atoms with van der Waals surface area (Å²) in [6.45, 7) is 5.24.